The van der Waals surface area contributed by atoms with Gasteiger partial charge in [-0.25, -0.2) is 4.79 Å². The lowest BCUT2D eigenvalue weighted by atomic mass is 9.93. The topological polar surface area (TPSA) is 51.7 Å². The molecule has 3 aromatic carbocycles. The molecular formula is C33H30F6N2O3. The minimum Gasteiger partial charge on any atom is -0.496 e. The maximum absolute atomic E-state index is 13.7. The third kappa shape index (κ3) is 7.69. The number of hydrogen-bond acceptors (Lipinski definition) is 4. The second kappa shape index (κ2) is 13.0. The highest BCUT2D eigenvalue weighted by Crippen LogP contribution is 2.39. The fraction of sp³-hybridized carbons (Fsp3) is 0.273. The molecule has 0 aliphatic rings. The highest BCUT2D eigenvalue weighted by Gasteiger charge is 2.33. The maximum atomic E-state index is 13.7. The van der Waals surface area contributed by atoms with Gasteiger partial charge in [0.1, 0.15) is 12.4 Å². The van der Waals surface area contributed by atoms with Crippen LogP contribution < -0.4 is 4.74 Å². The number of ether oxygens (including phenoxy) is 2. The molecule has 0 aliphatic heterocycles. The molecule has 0 spiro atoms. The van der Waals surface area contributed by atoms with E-state index in [0.717, 1.165) is 34.7 Å². The Hall–Kier alpha value is -4.54. The van der Waals surface area contributed by atoms with Gasteiger partial charge in [0.15, 0.2) is 0 Å². The van der Waals surface area contributed by atoms with Crippen LogP contribution >= 0.6 is 0 Å². The molecule has 5 nitrogen and oxygen atoms in total. The number of aromatic nitrogens is 1. The first-order valence-corrected chi connectivity index (χ1v) is 13.5. The van der Waals surface area contributed by atoms with Crippen LogP contribution in [0.5, 0.6) is 5.75 Å². The number of alkyl halides is 6. The van der Waals surface area contributed by atoms with Crippen molar-refractivity contribution >= 4 is 6.09 Å². The van der Waals surface area contributed by atoms with Crippen LogP contribution in [-0.4, -0.2) is 30.1 Å². The normalized spacial score (nSPS) is 11.9. The zero-order valence-electron chi connectivity index (χ0n) is 24.4. The maximum Gasteiger partial charge on any atom is 0.416 e. The minimum atomic E-state index is -4.64. The third-order valence-electron chi connectivity index (χ3n) is 7.03. The van der Waals surface area contributed by atoms with Crippen LogP contribution in [0.25, 0.3) is 22.3 Å². The molecule has 0 aliphatic carbocycles. The molecule has 0 unspecified atom stereocenters. The van der Waals surface area contributed by atoms with Gasteiger partial charge in [-0.3, -0.25) is 4.98 Å². The smallest absolute Gasteiger partial charge is 0.416 e. The summed E-state index contributed by atoms with van der Waals surface area (Å²) in [6, 6.07) is 15.2. The predicted molar refractivity (Wildman–Crippen MR) is 154 cm³/mol. The van der Waals surface area contributed by atoms with Gasteiger partial charge in [-0.15, -0.1) is 0 Å². The van der Waals surface area contributed by atoms with Gasteiger partial charge in [-0.2, -0.15) is 26.3 Å². The van der Waals surface area contributed by atoms with Gasteiger partial charge >= 0.3 is 18.4 Å². The van der Waals surface area contributed by atoms with Crippen LogP contribution in [0.2, 0.25) is 0 Å². The van der Waals surface area contributed by atoms with Crippen molar-refractivity contribution in [2.75, 3.05) is 14.2 Å². The minimum absolute atomic E-state index is 0.0832. The number of halogens is 6. The molecule has 0 N–H and O–H groups in total. The summed E-state index contributed by atoms with van der Waals surface area (Å²) < 4.78 is 92.8. The summed E-state index contributed by atoms with van der Waals surface area (Å²) in [5.74, 6) is 0.548. The third-order valence-corrected chi connectivity index (χ3v) is 7.03. The number of methoxy groups -OCH3 is 1. The fourth-order valence-electron chi connectivity index (χ4n) is 4.69. The lowest BCUT2D eigenvalue weighted by molar-refractivity contribution is -0.138. The molecule has 0 atom stereocenters. The molecule has 44 heavy (non-hydrogen) atoms. The summed E-state index contributed by atoms with van der Waals surface area (Å²) in [5.41, 5.74) is 1.07. The predicted octanol–water partition coefficient (Wildman–Crippen LogP) is 9.35. The number of pyridine rings is 1. The standard InChI is InChI=1S/C33H30F6N2O3/c1-20(2)23-5-8-30(43-4)29(17-23)28-7-6-26(32(34,35)36)16-25(28)19-44-31(42)41(3)18-21-13-24(22-9-11-40-12-10-22)15-27(14-21)33(37,38)39/h5-17,20H,18-19H2,1-4H3. The van der Waals surface area contributed by atoms with Crippen LogP contribution in [-0.2, 0) is 30.2 Å². The van der Waals surface area contributed by atoms with E-state index in [1.807, 2.05) is 26.0 Å². The molecule has 0 saturated heterocycles. The van der Waals surface area contributed by atoms with E-state index in [0.29, 0.717) is 22.4 Å². The Balaban J connectivity index is 1.62. The lowest BCUT2D eigenvalue weighted by Crippen LogP contribution is -2.27. The number of rotatable bonds is 8. The highest BCUT2D eigenvalue weighted by atomic mass is 19.4. The summed E-state index contributed by atoms with van der Waals surface area (Å²) in [5, 5.41) is 0. The van der Waals surface area contributed by atoms with Gasteiger partial charge in [0, 0.05) is 31.5 Å². The van der Waals surface area contributed by atoms with Crippen LogP contribution in [0.1, 0.15) is 47.6 Å². The molecule has 0 saturated carbocycles. The fourth-order valence-corrected chi connectivity index (χ4v) is 4.69. The van der Waals surface area contributed by atoms with Crippen LogP contribution in [0, 0.1) is 0 Å². The summed E-state index contributed by atoms with van der Waals surface area (Å²) >= 11 is 0. The quantitative estimate of drug-likeness (QED) is 0.185. The van der Waals surface area contributed by atoms with E-state index in [1.165, 1.54) is 38.7 Å². The van der Waals surface area contributed by atoms with Crippen molar-refractivity contribution in [3.63, 3.8) is 0 Å². The Morgan fingerprint density at radius 3 is 2.11 bits per heavy atom. The first-order chi connectivity index (χ1) is 20.7. The second-order valence-electron chi connectivity index (χ2n) is 10.5. The van der Waals surface area contributed by atoms with Crippen molar-refractivity contribution in [3.05, 3.63) is 107 Å². The zero-order valence-corrected chi connectivity index (χ0v) is 24.4. The second-order valence-corrected chi connectivity index (χ2v) is 10.5. The van der Waals surface area contributed by atoms with Gasteiger partial charge < -0.3 is 14.4 Å². The first-order valence-electron chi connectivity index (χ1n) is 13.5. The molecule has 4 rings (SSSR count). The molecule has 1 heterocycles. The summed E-state index contributed by atoms with van der Waals surface area (Å²) in [4.78, 5) is 17.9. The van der Waals surface area contributed by atoms with Crippen molar-refractivity contribution in [2.24, 2.45) is 0 Å². The van der Waals surface area contributed by atoms with Crippen LogP contribution in [0.4, 0.5) is 31.1 Å². The van der Waals surface area contributed by atoms with Crippen molar-refractivity contribution in [3.8, 4) is 28.0 Å². The van der Waals surface area contributed by atoms with Crippen LogP contribution in [0.15, 0.2) is 79.1 Å². The molecule has 1 amide bonds. The number of carbonyl (C=O) groups excluding carboxylic acids is 1. The Kier molecular flexibility index (Phi) is 9.56. The van der Waals surface area contributed by atoms with Gasteiger partial charge in [0.25, 0.3) is 0 Å². The molecule has 0 fully saturated rings. The lowest BCUT2D eigenvalue weighted by Gasteiger charge is -2.21. The van der Waals surface area contributed by atoms with E-state index >= 15 is 0 Å². The summed E-state index contributed by atoms with van der Waals surface area (Å²) in [6.07, 6.45) is -7.30. The number of amides is 1. The van der Waals surface area contributed by atoms with Gasteiger partial charge in [0.05, 0.1) is 18.2 Å². The number of nitrogens with zero attached hydrogens (tertiary/aromatic N) is 2. The summed E-state index contributed by atoms with van der Waals surface area (Å²) in [6.45, 7) is 3.17. The van der Waals surface area contributed by atoms with E-state index in [-0.39, 0.29) is 29.2 Å². The number of carbonyl (C=O) groups is 1. The van der Waals surface area contributed by atoms with E-state index in [9.17, 15) is 31.1 Å². The SMILES string of the molecule is COc1ccc(C(C)C)cc1-c1ccc(C(F)(F)F)cc1COC(=O)N(C)Cc1cc(-c2ccncc2)cc(C(F)(F)F)c1. The van der Waals surface area contributed by atoms with E-state index < -0.39 is 36.2 Å². The Bertz CT molecular complexity index is 1620. The van der Waals surface area contributed by atoms with E-state index in [2.05, 4.69) is 4.98 Å². The van der Waals surface area contributed by atoms with E-state index in [4.69, 9.17) is 9.47 Å². The average Bonchev–Trinajstić information content (AvgIpc) is 2.98. The van der Waals surface area contributed by atoms with Crippen molar-refractivity contribution in [1.29, 1.82) is 0 Å². The molecule has 1 aromatic heterocycles. The highest BCUT2D eigenvalue weighted by molar-refractivity contribution is 5.75. The first kappa shape index (κ1) is 32.4. The number of benzene rings is 3. The molecule has 4 aromatic rings. The molecular weight excluding hydrogens is 586 g/mol. The Labute approximate surface area is 251 Å². The van der Waals surface area contributed by atoms with Crippen molar-refractivity contribution in [2.45, 2.75) is 45.3 Å². The summed E-state index contributed by atoms with van der Waals surface area (Å²) in [7, 11) is 2.78. The van der Waals surface area contributed by atoms with Gasteiger partial charge in [0.2, 0.25) is 0 Å². The Morgan fingerprint density at radius 2 is 1.50 bits per heavy atom. The molecule has 0 radical (unpaired) electrons. The zero-order chi connectivity index (χ0) is 32.2. The largest absolute Gasteiger partial charge is 0.496 e. The van der Waals surface area contributed by atoms with Crippen molar-refractivity contribution in [1.82, 2.24) is 9.88 Å². The number of hydrogen-bond donors (Lipinski definition) is 0. The average molecular weight is 617 g/mol. The molecule has 232 valence electrons. The van der Waals surface area contributed by atoms with Gasteiger partial charge in [-0.1, -0.05) is 26.0 Å². The molecule has 0 bridgehead atoms. The van der Waals surface area contributed by atoms with Crippen molar-refractivity contribution < 1.29 is 40.6 Å². The Morgan fingerprint density at radius 1 is 0.818 bits per heavy atom. The van der Waals surface area contributed by atoms with Crippen LogP contribution in [0.3, 0.4) is 0 Å². The van der Waals surface area contributed by atoms with Gasteiger partial charge in [-0.05, 0) is 93.9 Å². The molecule has 11 heteroatoms. The monoisotopic (exact) mass is 616 g/mol. The van der Waals surface area contributed by atoms with E-state index in [1.54, 1.807) is 18.2 Å².